The highest BCUT2D eigenvalue weighted by Gasteiger charge is 2.34. The third-order valence-corrected chi connectivity index (χ3v) is 9.88. The van der Waals surface area contributed by atoms with Gasteiger partial charge < -0.3 is 19.3 Å². The topological polar surface area (TPSA) is 47.9 Å². The molecule has 0 aliphatic rings. The van der Waals surface area contributed by atoms with Crippen molar-refractivity contribution in [1.82, 2.24) is 0 Å². The van der Waals surface area contributed by atoms with E-state index in [1.807, 2.05) is 6.07 Å². The average Bonchev–Trinajstić information content (AvgIpc) is 3.11. The number of aromatic hydroxyl groups is 1. The summed E-state index contributed by atoms with van der Waals surface area (Å²) in [5.41, 5.74) is 5.28. The fourth-order valence-corrected chi connectivity index (χ4v) is 7.57. The predicted octanol–water partition coefficient (Wildman–Crippen LogP) is 13.0. The Morgan fingerprint density at radius 2 is 0.769 bits per heavy atom. The van der Waals surface area contributed by atoms with Crippen LogP contribution < -0.4 is 0 Å². The van der Waals surface area contributed by atoms with Gasteiger partial charge in [0.2, 0.25) is 0 Å². The molecule has 4 aromatic carbocycles. The van der Waals surface area contributed by atoms with E-state index < -0.39 is 16.8 Å². The minimum atomic E-state index is -0.550. The summed E-state index contributed by atoms with van der Waals surface area (Å²) >= 11 is 0. The maximum atomic E-state index is 11.7. The molecular formula is C48H66O4. The fourth-order valence-electron chi connectivity index (χ4n) is 7.57. The number of phenolic OH excluding ortho intramolecular Hbond substituents is 1. The lowest BCUT2D eigenvalue weighted by molar-refractivity contribution is -0.0817. The molecule has 0 saturated carbocycles. The molecular weight excluding hydrogens is 641 g/mol. The molecule has 0 heterocycles. The summed E-state index contributed by atoms with van der Waals surface area (Å²) in [7, 11) is 0. The van der Waals surface area contributed by atoms with Crippen LogP contribution >= 0.6 is 0 Å². The van der Waals surface area contributed by atoms with Crippen molar-refractivity contribution in [3.8, 4) is 5.75 Å². The van der Waals surface area contributed by atoms with Crippen LogP contribution in [0.4, 0.5) is 0 Å². The van der Waals surface area contributed by atoms with Crippen LogP contribution in [0.25, 0.3) is 0 Å². The van der Waals surface area contributed by atoms with Crippen LogP contribution in [0.5, 0.6) is 5.75 Å². The first kappa shape index (κ1) is 41.3. The molecule has 1 N–H and O–H groups in total. The maximum absolute atomic E-state index is 11.7. The fraction of sp³-hybridized carbons (Fsp3) is 0.500. The average molecular weight is 707 g/mol. The van der Waals surface area contributed by atoms with Crippen LogP contribution in [-0.2, 0) is 33.5 Å². The number of phenols is 1. The maximum Gasteiger partial charge on any atom is 0.119 e. The molecule has 282 valence electrons. The molecule has 3 unspecified atom stereocenters. The summed E-state index contributed by atoms with van der Waals surface area (Å²) in [4.78, 5) is 0. The molecule has 0 aromatic heterocycles. The van der Waals surface area contributed by atoms with Gasteiger partial charge in [-0.25, -0.2) is 0 Å². The van der Waals surface area contributed by atoms with Gasteiger partial charge in [0.15, 0.2) is 0 Å². The lowest BCUT2D eigenvalue weighted by atomic mass is 9.82. The molecule has 52 heavy (non-hydrogen) atoms. The number of benzene rings is 4. The summed E-state index contributed by atoms with van der Waals surface area (Å²) in [6.07, 6.45) is 7.73. The Bertz CT molecular complexity index is 1610. The van der Waals surface area contributed by atoms with Crippen LogP contribution in [0.3, 0.4) is 0 Å². The number of hydrogen-bond acceptors (Lipinski definition) is 4. The van der Waals surface area contributed by atoms with Crippen molar-refractivity contribution >= 4 is 0 Å². The third kappa shape index (κ3) is 12.3. The quantitative estimate of drug-likeness (QED) is 0.0937. The Morgan fingerprint density at radius 3 is 1.12 bits per heavy atom. The first-order valence-corrected chi connectivity index (χ1v) is 19.8. The summed E-state index contributed by atoms with van der Waals surface area (Å²) in [5.74, 6) is 0.304. The zero-order valence-corrected chi connectivity index (χ0v) is 33.6. The van der Waals surface area contributed by atoms with Gasteiger partial charge in [0.1, 0.15) is 5.75 Å². The third-order valence-electron chi connectivity index (χ3n) is 9.88. The highest BCUT2D eigenvalue weighted by Crippen LogP contribution is 2.40. The van der Waals surface area contributed by atoms with Gasteiger partial charge in [0, 0.05) is 24.8 Å². The zero-order chi connectivity index (χ0) is 37.8. The van der Waals surface area contributed by atoms with Gasteiger partial charge in [-0.2, -0.15) is 0 Å². The van der Waals surface area contributed by atoms with E-state index >= 15 is 0 Å². The molecule has 0 amide bonds. The van der Waals surface area contributed by atoms with E-state index in [0.29, 0.717) is 25.0 Å². The summed E-state index contributed by atoms with van der Waals surface area (Å²) in [6.45, 7) is 19.7. The first-order valence-electron chi connectivity index (χ1n) is 19.8. The summed E-state index contributed by atoms with van der Waals surface area (Å²) in [6, 6.07) is 35.7. The van der Waals surface area contributed by atoms with E-state index in [0.717, 1.165) is 49.7 Å². The van der Waals surface area contributed by atoms with Crippen LogP contribution in [0.1, 0.15) is 153 Å². The standard InChI is InChI=1S/C48H66O4/c1-10-22-43(36-25-16-13-17-26-36)50-46(4,5)33-39-31-32-42(49)41(35-48(8,9)52-45(24-12-3)38-29-20-15-21-30-38)40(39)34-47(6,7)51-44(23-11-2)37-27-18-14-19-28-37/h13-21,25-32,43-45,49H,10-12,22-24,33-35H2,1-9H3. The molecule has 0 saturated heterocycles. The zero-order valence-electron chi connectivity index (χ0n) is 33.6. The van der Waals surface area contributed by atoms with Crippen LogP contribution in [0.15, 0.2) is 103 Å². The van der Waals surface area contributed by atoms with E-state index in [1.165, 1.54) is 22.3 Å². The Balaban J connectivity index is 1.73. The lowest BCUT2D eigenvalue weighted by Crippen LogP contribution is -2.34. The van der Waals surface area contributed by atoms with E-state index in [4.69, 9.17) is 14.2 Å². The molecule has 3 atom stereocenters. The van der Waals surface area contributed by atoms with Crippen molar-refractivity contribution < 1.29 is 19.3 Å². The van der Waals surface area contributed by atoms with Crippen LogP contribution in [0, 0.1) is 0 Å². The minimum Gasteiger partial charge on any atom is -0.508 e. The molecule has 4 nitrogen and oxygen atoms in total. The number of hydrogen-bond donors (Lipinski definition) is 1. The van der Waals surface area contributed by atoms with E-state index in [9.17, 15) is 5.11 Å². The molecule has 0 bridgehead atoms. The van der Waals surface area contributed by atoms with Gasteiger partial charge in [-0.15, -0.1) is 0 Å². The molecule has 0 spiro atoms. The Kier molecular flexibility index (Phi) is 15.1. The predicted molar refractivity (Wildman–Crippen MR) is 217 cm³/mol. The molecule has 0 aliphatic carbocycles. The van der Waals surface area contributed by atoms with Crippen molar-refractivity contribution in [3.63, 3.8) is 0 Å². The van der Waals surface area contributed by atoms with Crippen molar-refractivity contribution in [3.05, 3.63) is 137 Å². The number of rotatable bonds is 21. The molecule has 4 rings (SSSR count). The van der Waals surface area contributed by atoms with Crippen molar-refractivity contribution in [1.29, 1.82) is 0 Å². The van der Waals surface area contributed by atoms with Gasteiger partial charge in [-0.05, 0) is 94.7 Å². The van der Waals surface area contributed by atoms with E-state index in [-0.39, 0.29) is 18.3 Å². The van der Waals surface area contributed by atoms with Gasteiger partial charge in [-0.1, -0.05) is 137 Å². The second-order valence-electron chi connectivity index (χ2n) is 16.4. The van der Waals surface area contributed by atoms with Crippen LogP contribution in [0.2, 0.25) is 0 Å². The van der Waals surface area contributed by atoms with Crippen molar-refractivity contribution in [2.24, 2.45) is 0 Å². The second kappa shape index (κ2) is 19.1. The van der Waals surface area contributed by atoms with Crippen LogP contribution in [-0.4, -0.2) is 21.9 Å². The monoisotopic (exact) mass is 706 g/mol. The molecule has 4 aromatic rings. The highest BCUT2D eigenvalue weighted by molar-refractivity contribution is 5.47. The first-order chi connectivity index (χ1) is 24.8. The smallest absolute Gasteiger partial charge is 0.119 e. The lowest BCUT2D eigenvalue weighted by Gasteiger charge is -2.37. The van der Waals surface area contributed by atoms with Gasteiger partial charge in [-0.3, -0.25) is 0 Å². The molecule has 4 heteroatoms. The highest BCUT2D eigenvalue weighted by atomic mass is 16.5. The van der Waals surface area contributed by atoms with Gasteiger partial charge >= 0.3 is 0 Å². The minimum absolute atomic E-state index is 0.00232. The molecule has 0 radical (unpaired) electrons. The summed E-state index contributed by atoms with van der Waals surface area (Å²) in [5, 5.41) is 11.7. The molecule has 0 aliphatic heterocycles. The number of ether oxygens (including phenoxy) is 3. The Labute approximate surface area is 315 Å². The van der Waals surface area contributed by atoms with Gasteiger partial charge in [0.25, 0.3) is 0 Å². The van der Waals surface area contributed by atoms with Crippen molar-refractivity contribution in [2.45, 2.75) is 155 Å². The molecule has 0 fully saturated rings. The van der Waals surface area contributed by atoms with Crippen molar-refractivity contribution in [2.75, 3.05) is 0 Å². The van der Waals surface area contributed by atoms with Gasteiger partial charge in [0.05, 0.1) is 35.1 Å². The SMILES string of the molecule is CCCC(OC(C)(C)Cc1ccc(O)c(CC(C)(C)OC(CCC)c2ccccc2)c1CC(C)(C)OC(CCC)c1ccccc1)c1ccccc1. The largest absolute Gasteiger partial charge is 0.508 e. The normalized spacial score (nSPS) is 14.2. The summed E-state index contributed by atoms with van der Waals surface area (Å²) < 4.78 is 21.0. The van der Waals surface area contributed by atoms with E-state index in [2.05, 4.69) is 159 Å². The van der Waals surface area contributed by atoms with E-state index in [1.54, 1.807) is 0 Å². The second-order valence-corrected chi connectivity index (χ2v) is 16.4. The Hall–Kier alpha value is -3.44. The Morgan fingerprint density at radius 1 is 0.442 bits per heavy atom.